The minimum absolute atomic E-state index is 0.0162. The molecule has 11 nitrogen and oxygen atoms in total. The fourth-order valence-corrected chi connectivity index (χ4v) is 7.41. The highest BCUT2D eigenvalue weighted by molar-refractivity contribution is 6.31. The number of carbonyl (C=O) groups is 3. The van der Waals surface area contributed by atoms with Gasteiger partial charge in [-0.15, -0.1) is 0 Å². The normalized spacial score (nSPS) is 18.4. The fraction of sp³-hybridized carbons (Fsp3) is 0.486. The van der Waals surface area contributed by atoms with Gasteiger partial charge in [0, 0.05) is 31.3 Å². The predicted molar refractivity (Wildman–Crippen MR) is 189 cm³/mol. The summed E-state index contributed by atoms with van der Waals surface area (Å²) in [5, 5.41) is 13.1. The van der Waals surface area contributed by atoms with Crippen molar-refractivity contribution in [3.63, 3.8) is 0 Å². The number of imidazole rings is 1. The number of aryl methyl sites for hydroxylation is 1. The number of ether oxygens (including phenoxy) is 1. The maximum atomic E-state index is 14.0. The summed E-state index contributed by atoms with van der Waals surface area (Å²) in [6, 6.07) is 13.2. The number of rotatable bonds is 15. The molecule has 0 bridgehead atoms. The van der Waals surface area contributed by atoms with Crippen molar-refractivity contribution in [3.05, 3.63) is 82.4 Å². The van der Waals surface area contributed by atoms with Gasteiger partial charge in [-0.25, -0.2) is 13.8 Å². The number of benzene rings is 2. The van der Waals surface area contributed by atoms with E-state index in [0.29, 0.717) is 46.0 Å². The van der Waals surface area contributed by atoms with Gasteiger partial charge in [0.1, 0.15) is 17.6 Å². The van der Waals surface area contributed by atoms with Gasteiger partial charge in [-0.3, -0.25) is 19.1 Å². The second-order valence-electron chi connectivity index (χ2n) is 14.3. The van der Waals surface area contributed by atoms with Gasteiger partial charge in [0.05, 0.1) is 35.6 Å². The molecule has 4 atom stereocenters. The van der Waals surface area contributed by atoms with Crippen molar-refractivity contribution in [1.82, 2.24) is 35.7 Å². The first-order chi connectivity index (χ1) is 24.3. The smallest absolute Gasteiger partial charge is 0.270 e. The van der Waals surface area contributed by atoms with Crippen LogP contribution < -0.4 is 16.0 Å². The summed E-state index contributed by atoms with van der Waals surface area (Å²) in [4.78, 5) is 49.2. The molecule has 0 radical (unpaired) electrons. The first-order valence-electron chi connectivity index (χ1n) is 17.2. The van der Waals surface area contributed by atoms with Crippen molar-refractivity contribution in [2.45, 2.75) is 75.8 Å². The Morgan fingerprint density at radius 1 is 1.14 bits per heavy atom. The number of nitrogens with one attached hydrogen (secondary N) is 4. The van der Waals surface area contributed by atoms with Crippen LogP contribution in [-0.4, -0.2) is 70.2 Å². The van der Waals surface area contributed by atoms with E-state index in [1.165, 1.54) is 11.8 Å². The molecule has 4 aromatic rings. The fourth-order valence-electron chi connectivity index (χ4n) is 7.16. The third kappa shape index (κ3) is 7.50. The molecule has 2 aromatic heterocycles. The van der Waals surface area contributed by atoms with Gasteiger partial charge in [0.25, 0.3) is 12.3 Å². The molecule has 2 heterocycles. The molecule has 272 valence electrons. The number of alkyl halides is 2. The van der Waals surface area contributed by atoms with Crippen LogP contribution in [0.5, 0.6) is 0 Å². The second kappa shape index (κ2) is 14.7. The molecule has 2 saturated carbocycles. The zero-order valence-corrected chi connectivity index (χ0v) is 29.9. The minimum atomic E-state index is -2.70. The van der Waals surface area contributed by atoms with Crippen molar-refractivity contribution in [2.24, 2.45) is 18.4 Å². The largest absolute Gasteiger partial charge is 0.383 e. The molecular weight excluding hydrogens is 680 g/mol. The van der Waals surface area contributed by atoms with E-state index in [4.69, 9.17) is 21.3 Å². The van der Waals surface area contributed by atoms with Crippen LogP contribution in [-0.2, 0) is 26.8 Å². The van der Waals surface area contributed by atoms with Crippen LogP contribution in [0.3, 0.4) is 0 Å². The Labute approximate surface area is 300 Å². The lowest BCUT2D eigenvalue weighted by molar-refractivity contribution is -0.135. The zero-order chi connectivity index (χ0) is 36.5. The molecule has 0 spiro atoms. The number of aromatic nitrogens is 4. The van der Waals surface area contributed by atoms with Gasteiger partial charge in [-0.1, -0.05) is 49.2 Å². The summed E-state index contributed by atoms with van der Waals surface area (Å²) in [6.45, 7) is 3.10. The Balaban J connectivity index is 1.36. The number of methoxy groups -OCH3 is 1. The Morgan fingerprint density at radius 3 is 2.49 bits per heavy atom. The molecule has 2 fully saturated rings. The number of H-pyrrole nitrogens is 1. The van der Waals surface area contributed by atoms with E-state index in [0.717, 1.165) is 24.8 Å². The number of halogens is 3. The maximum absolute atomic E-state index is 14.0. The van der Waals surface area contributed by atoms with Gasteiger partial charge in [0.15, 0.2) is 0 Å². The Bertz CT molecular complexity index is 1910. The Kier molecular flexibility index (Phi) is 10.5. The van der Waals surface area contributed by atoms with Crippen LogP contribution in [0.15, 0.2) is 54.7 Å². The van der Waals surface area contributed by atoms with E-state index in [1.807, 2.05) is 30.3 Å². The summed E-state index contributed by atoms with van der Waals surface area (Å²) in [7, 11) is 3.19. The molecule has 6 rings (SSSR count). The van der Waals surface area contributed by atoms with Crippen LogP contribution >= 0.6 is 11.6 Å². The first kappa shape index (κ1) is 36.4. The van der Waals surface area contributed by atoms with Crippen molar-refractivity contribution in [1.29, 1.82) is 0 Å². The van der Waals surface area contributed by atoms with E-state index < -0.39 is 42.3 Å². The van der Waals surface area contributed by atoms with E-state index in [1.54, 1.807) is 38.4 Å². The lowest BCUT2D eigenvalue weighted by Crippen LogP contribution is -2.57. The first-order valence-corrected chi connectivity index (χ1v) is 17.6. The monoisotopic (exact) mass is 723 g/mol. The second-order valence-corrected chi connectivity index (χ2v) is 14.7. The summed E-state index contributed by atoms with van der Waals surface area (Å²) in [6.07, 6.45) is 3.07. The lowest BCUT2D eigenvalue weighted by atomic mass is 9.77. The van der Waals surface area contributed by atoms with Gasteiger partial charge in [0.2, 0.25) is 11.8 Å². The highest BCUT2D eigenvalue weighted by Crippen LogP contribution is 2.60. The van der Waals surface area contributed by atoms with Gasteiger partial charge in [-0.2, -0.15) is 5.10 Å². The van der Waals surface area contributed by atoms with Gasteiger partial charge >= 0.3 is 0 Å². The third-order valence-corrected chi connectivity index (χ3v) is 11.0. The van der Waals surface area contributed by atoms with Crippen molar-refractivity contribution in [2.75, 3.05) is 20.3 Å². The zero-order valence-electron chi connectivity index (χ0n) is 29.1. The topological polar surface area (TPSA) is 143 Å². The molecule has 0 aliphatic heterocycles. The molecule has 2 aliphatic carbocycles. The third-order valence-electron chi connectivity index (χ3n) is 10.7. The van der Waals surface area contributed by atoms with Crippen molar-refractivity contribution >= 4 is 40.4 Å². The number of aromatic amines is 1. The minimum Gasteiger partial charge on any atom is -0.383 e. The van der Waals surface area contributed by atoms with Crippen molar-refractivity contribution in [3.8, 4) is 0 Å². The van der Waals surface area contributed by atoms with E-state index in [2.05, 4.69) is 33.0 Å². The average molecular weight is 724 g/mol. The molecule has 14 heteroatoms. The number of nitrogens with zero attached hydrogens (tertiary/aromatic N) is 3. The number of amides is 3. The van der Waals surface area contributed by atoms with E-state index in [9.17, 15) is 23.2 Å². The summed E-state index contributed by atoms with van der Waals surface area (Å²) in [5.41, 5.74) is 1.71. The molecule has 1 unspecified atom stereocenters. The highest BCUT2D eigenvalue weighted by Gasteiger charge is 2.51. The van der Waals surface area contributed by atoms with Crippen LogP contribution in [0.4, 0.5) is 8.78 Å². The maximum Gasteiger partial charge on any atom is 0.270 e. The number of fused-ring (bicyclic) bond motifs is 1. The summed E-state index contributed by atoms with van der Waals surface area (Å²) in [5.74, 6) is -1.26. The van der Waals surface area contributed by atoms with Crippen LogP contribution in [0, 0.1) is 11.3 Å². The van der Waals surface area contributed by atoms with E-state index >= 15 is 0 Å². The Hall–Kier alpha value is -4.36. The van der Waals surface area contributed by atoms with Gasteiger partial charge < -0.3 is 25.7 Å². The lowest BCUT2D eigenvalue weighted by Gasteiger charge is -2.36. The van der Waals surface area contributed by atoms with Crippen molar-refractivity contribution < 1.29 is 27.9 Å². The van der Waals surface area contributed by atoms with Crippen LogP contribution in [0.2, 0.25) is 5.02 Å². The van der Waals surface area contributed by atoms with Crippen LogP contribution in [0.1, 0.15) is 85.4 Å². The van der Waals surface area contributed by atoms with Gasteiger partial charge in [-0.05, 0) is 79.3 Å². The molecule has 3 amide bonds. The molecule has 4 N–H and O–H groups in total. The summed E-state index contributed by atoms with van der Waals surface area (Å²) < 4.78 is 32.9. The molecular formula is C37H44ClF2N7O4. The Morgan fingerprint density at radius 2 is 1.88 bits per heavy atom. The molecule has 2 aliphatic rings. The molecule has 0 saturated heterocycles. The van der Waals surface area contributed by atoms with E-state index in [-0.39, 0.29) is 29.8 Å². The quantitative estimate of drug-likeness (QED) is 0.126. The number of hydrogen-bond acceptors (Lipinski definition) is 6. The molecule has 2 aromatic carbocycles. The number of carbonyl (C=O) groups excluding carboxylic acids is 3. The highest BCUT2D eigenvalue weighted by atomic mass is 35.5. The SMILES string of the molecule is COCC(C)(C(=O)N[C@@H](C(=O)NCC(F)F)C1CCC1)c1ccc2nc([C@@H](NC(=O)c3ccnn3C)[C@H](c3ccccc3Cl)C3(C)CC3)[nH]c2c1. The summed E-state index contributed by atoms with van der Waals surface area (Å²) >= 11 is 6.81. The van der Waals surface area contributed by atoms with Crippen LogP contribution in [0.25, 0.3) is 11.0 Å². The average Bonchev–Trinajstić information content (AvgIpc) is 3.44. The standard InChI is InChI=1S/C37H44ClF2N7O4/c1-36(15-16-36)29(23-10-5-6-11-24(23)38)31(45-33(48)27-14-17-42-47(27)3)32-43-25-13-12-22(18-26(25)44-32)37(2,20-51-4)35(50)46-30(21-8-7-9-21)34(49)41-19-28(39)40/h5-6,10-14,17-18,21,28-31H,7-9,15-16,19-20H2,1-4H3,(H,41,49)(H,43,44)(H,45,48)(H,46,50)/t29-,30+,31-,37?/m0/s1. The predicted octanol–water partition coefficient (Wildman–Crippen LogP) is 5.58. The molecule has 51 heavy (non-hydrogen) atoms. The number of hydrogen-bond donors (Lipinski definition) is 4.